The number of hydrogen-bond donors (Lipinski definition) is 1. The monoisotopic (exact) mass is 457 g/mol. The van der Waals surface area contributed by atoms with Crippen molar-refractivity contribution in [1.29, 1.82) is 0 Å². The van der Waals surface area contributed by atoms with Crippen molar-refractivity contribution in [3.63, 3.8) is 0 Å². The average molecular weight is 458 g/mol. The summed E-state index contributed by atoms with van der Waals surface area (Å²) in [4.78, 5) is 7.08. The van der Waals surface area contributed by atoms with Gasteiger partial charge in [0.2, 0.25) is 0 Å². The van der Waals surface area contributed by atoms with E-state index in [1.165, 1.54) is 50.0 Å². The summed E-state index contributed by atoms with van der Waals surface area (Å²) in [5, 5.41) is 11.8. The van der Waals surface area contributed by atoms with Gasteiger partial charge in [-0.3, -0.25) is 9.88 Å². The molecule has 3 nitrogen and oxygen atoms in total. The highest BCUT2D eigenvalue weighted by atomic mass is 15.1. The summed E-state index contributed by atoms with van der Waals surface area (Å²) in [7, 11) is 0. The van der Waals surface area contributed by atoms with Crippen LogP contribution in [0.5, 0.6) is 0 Å². The minimum Gasteiger partial charge on any atom is -0.384 e. The van der Waals surface area contributed by atoms with E-state index in [1.54, 1.807) is 0 Å². The van der Waals surface area contributed by atoms with Crippen LogP contribution in [0.2, 0.25) is 0 Å². The first-order valence-electron chi connectivity index (χ1n) is 12.7. The molecule has 2 heterocycles. The molecule has 35 heavy (non-hydrogen) atoms. The van der Waals surface area contributed by atoms with Crippen LogP contribution in [0.3, 0.4) is 0 Å². The highest BCUT2D eigenvalue weighted by Crippen LogP contribution is 2.36. The standard InChI is InChI=1S/C32H31N3/c1-4-19-33-28(11-1)22-35(23-29-12-2-5-20-34-29)21-6-3-8-24-13-14-27-16-15-25-9-7-10-26-17-18-30(24)32(27)31(25)26/h1-2,4-5,7,9-19,34H,3,6,8,20-23H2. The minimum atomic E-state index is 0.877. The molecule has 1 N–H and O–H groups in total. The van der Waals surface area contributed by atoms with Crippen LogP contribution in [0.25, 0.3) is 32.3 Å². The Morgan fingerprint density at radius 1 is 0.771 bits per heavy atom. The first-order chi connectivity index (χ1) is 17.3. The number of pyridine rings is 1. The third kappa shape index (κ3) is 4.65. The molecule has 0 atom stereocenters. The molecular weight excluding hydrogens is 426 g/mol. The lowest BCUT2D eigenvalue weighted by Crippen LogP contribution is -2.32. The van der Waals surface area contributed by atoms with Crippen LogP contribution in [0, 0.1) is 0 Å². The SMILES string of the molecule is C1=CCNC(CN(CCCCc2ccc3ccc4cccc5ccc2c3c45)Cc2ccccn2)=C1. The summed E-state index contributed by atoms with van der Waals surface area (Å²) in [6.45, 7) is 3.78. The maximum absolute atomic E-state index is 4.57. The Morgan fingerprint density at radius 3 is 2.40 bits per heavy atom. The van der Waals surface area contributed by atoms with Crippen LogP contribution in [-0.4, -0.2) is 29.5 Å². The smallest absolute Gasteiger partial charge is 0.0544 e. The average Bonchev–Trinajstić information content (AvgIpc) is 2.91. The number of aromatic nitrogens is 1. The number of aryl methyl sites for hydroxylation is 1. The molecule has 0 radical (unpaired) electrons. The number of allylic oxidation sites excluding steroid dienone is 2. The van der Waals surface area contributed by atoms with Crippen LogP contribution in [0.15, 0.2) is 103 Å². The topological polar surface area (TPSA) is 28.2 Å². The fraction of sp³-hybridized carbons (Fsp3) is 0.219. The molecule has 5 aromatic rings. The summed E-state index contributed by atoms with van der Waals surface area (Å²) >= 11 is 0. The molecule has 0 saturated heterocycles. The second-order valence-corrected chi connectivity index (χ2v) is 9.57. The third-order valence-electron chi connectivity index (χ3n) is 7.18. The van der Waals surface area contributed by atoms with Gasteiger partial charge in [0.05, 0.1) is 5.69 Å². The van der Waals surface area contributed by atoms with Gasteiger partial charge in [0, 0.05) is 31.5 Å². The van der Waals surface area contributed by atoms with Crippen LogP contribution in [-0.2, 0) is 13.0 Å². The highest BCUT2D eigenvalue weighted by molar-refractivity contribution is 6.23. The van der Waals surface area contributed by atoms with Gasteiger partial charge in [-0.1, -0.05) is 72.8 Å². The minimum absolute atomic E-state index is 0.877. The normalized spacial score (nSPS) is 13.7. The molecule has 4 aromatic carbocycles. The molecule has 1 aliphatic heterocycles. The molecule has 0 bridgehead atoms. The zero-order valence-electron chi connectivity index (χ0n) is 20.1. The van der Waals surface area contributed by atoms with E-state index in [4.69, 9.17) is 0 Å². The second kappa shape index (κ2) is 9.89. The molecule has 0 fully saturated rings. The molecule has 0 aliphatic carbocycles. The molecule has 1 aromatic heterocycles. The fourth-order valence-electron chi connectivity index (χ4n) is 5.45. The van der Waals surface area contributed by atoms with E-state index in [0.717, 1.165) is 44.7 Å². The molecule has 0 saturated carbocycles. The van der Waals surface area contributed by atoms with Crippen molar-refractivity contribution in [2.24, 2.45) is 0 Å². The summed E-state index contributed by atoms with van der Waals surface area (Å²) < 4.78 is 0. The maximum Gasteiger partial charge on any atom is 0.0544 e. The van der Waals surface area contributed by atoms with Crippen molar-refractivity contribution in [3.8, 4) is 0 Å². The molecule has 3 heteroatoms. The van der Waals surface area contributed by atoms with Gasteiger partial charge in [-0.15, -0.1) is 0 Å². The fourth-order valence-corrected chi connectivity index (χ4v) is 5.45. The number of rotatable bonds is 9. The van der Waals surface area contributed by atoms with E-state index < -0.39 is 0 Å². The van der Waals surface area contributed by atoms with Crippen LogP contribution in [0.4, 0.5) is 0 Å². The summed E-state index contributed by atoms with van der Waals surface area (Å²) in [6.07, 6.45) is 11.8. The van der Waals surface area contributed by atoms with Crippen molar-refractivity contribution in [1.82, 2.24) is 15.2 Å². The van der Waals surface area contributed by atoms with Crippen molar-refractivity contribution in [3.05, 3.63) is 114 Å². The zero-order valence-corrected chi connectivity index (χ0v) is 20.1. The van der Waals surface area contributed by atoms with Crippen LogP contribution >= 0.6 is 0 Å². The quantitative estimate of drug-likeness (QED) is 0.194. The lowest BCUT2D eigenvalue weighted by Gasteiger charge is -2.25. The molecule has 0 unspecified atom stereocenters. The highest BCUT2D eigenvalue weighted by Gasteiger charge is 2.12. The molecule has 174 valence electrons. The van der Waals surface area contributed by atoms with Gasteiger partial charge in [0.25, 0.3) is 0 Å². The van der Waals surface area contributed by atoms with E-state index in [2.05, 4.69) is 100 Å². The van der Waals surface area contributed by atoms with Crippen LogP contribution in [0.1, 0.15) is 24.1 Å². The Kier molecular flexibility index (Phi) is 6.17. The first-order valence-corrected chi connectivity index (χ1v) is 12.7. The predicted molar refractivity (Wildman–Crippen MR) is 148 cm³/mol. The Hall–Kier alpha value is -3.69. The number of dihydropyridines is 1. The first kappa shape index (κ1) is 21.8. The van der Waals surface area contributed by atoms with Crippen LogP contribution < -0.4 is 5.32 Å². The van der Waals surface area contributed by atoms with E-state index in [-0.39, 0.29) is 0 Å². The maximum atomic E-state index is 4.57. The lowest BCUT2D eigenvalue weighted by atomic mass is 9.90. The molecule has 0 spiro atoms. The van der Waals surface area contributed by atoms with E-state index >= 15 is 0 Å². The van der Waals surface area contributed by atoms with Crippen molar-refractivity contribution in [2.45, 2.75) is 25.8 Å². The summed E-state index contributed by atoms with van der Waals surface area (Å²) in [6, 6.07) is 26.6. The molecule has 1 aliphatic rings. The third-order valence-corrected chi connectivity index (χ3v) is 7.18. The Balaban J connectivity index is 1.17. The van der Waals surface area contributed by atoms with Gasteiger partial charge in [0.1, 0.15) is 0 Å². The van der Waals surface area contributed by atoms with E-state index in [9.17, 15) is 0 Å². The predicted octanol–water partition coefficient (Wildman–Crippen LogP) is 6.85. The largest absolute Gasteiger partial charge is 0.384 e. The lowest BCUT2D eigenvalue weighted by molar-refractivity contribution is 0.273. The van der Waals surface area contributed by atoms with Gasteiger partial charge in [-0.2, -0.15) is 0 Å². The number of hydrogen-bond acceptors (Lipinski definition) is 3. The molecule has 0 amide bonds. The summed E-state index contributed by atoms with van der Waals surface area (Å²) in [5.74, 6) is 0. The van der Waals surface area contributed by atoms with Gasteiger partial charge in [-0.05, 0) is 81.9 Å². The second-order valence-electron chi connectivity index (χ2n) is 9.57. The Labute approximate surface area is 207 Å². The summed E-state index contributed by atoms with van der Waals surface area (Å²) in [5.41, 5.74) is 3.88. The number of nitrogens with one attached hydrogen (secondary N) is 1. The van der Waals surface area contributed by atoms with Gasteiger partial charge in [0.15, 0.2) is 0 Å². The van der Waals surface area contributed by atoms with Crippen molar-refractivity contribution < 1.29 is 0 Å². The number of nitrogens with zero attached hydrogens (tertiary/aromatic N) is 2. The van der Waals surface area contributed by atoms with Gasteiger partial charge < -0.3 is 5.32 Å². The Morgan fingerprint density at radius 2 is 1.60 bits per heavy atom. The Bertz CT molecular complexity index is 1480. The van der Waals surface area contributed by atoms with Crippen molar-refractivity contribution >= 4 is 32.3 Å². The molecule has 6 rings (SSSR count). The molecular formula is C32H31N3. The van der Waals surface area contributed by atoms with E-state index in [0.29, 0.717) is 0 Å². The van der Waals surface area contributed by atoms with E-state index in [1.807, 2.05) is 12.3 Å². The van der Waals surface area contributed by atoms with Gasteiger partial charge in [-0.25, -0.2) is 0 Å². The number of benzene rings is 4. The zero-order chi connectivity index (χ0) is 23.5. The van der Waals surface area contributed by atoms with Crippen molar-refractivity contribution in [2.75, 3.05) is 19.6 Å². The number of unbranched alkanes of at least 4 members (excludes halogenated alkanes) is 1. The van der Waals surface area contributed by atoms with Gasteiger partial charge >= 0.3 is 0 Å².